The van der Waals surface area contributed by atoms with Gasteiger partial charge in [-0.05, 0) is 29.7 Å². The molecule has 0 spiro atoms. The van der Waals surface area contributed by atoms with Crippen molar-refractivity contribution in [3.8, 4) is 0 Å². The molecule has 2 rings (SSSR count). The number of tetrazole rings is 1. The lowest BCUT2D eigenvalue weighted by Gasteiger charge is -2.01. The Bertz CT molecular complexity index is 478. The third-order valence-electron chi connectivity index (χ3n) is 2.52. The first-order chi connectivity index (χ1) is 8.83. The van der Waals surface area contributed by atoms with Crippen LogP contribution in [0.4, 0.5) is 0 Å². The largest absolute Gasteiger partial charge is 0.396 e. The molecule has 1 N–H and O–H groups in total. The van der Waals surface area contributed by atoms with Crippen LogP contribution in [0.2, 0.25) is 0 Å². The van der Waals surface area contributed by atoms with Crippen molar-refractivity contribution in [2.24, 2.45) is 0 Å². The first kappa shape index (κ1) is 12.6. The first-order valence-electron chi connectivity index (χ1n) is 6.08. The zero-order valence-corrected chi connectivity index (χ0v) is 10.4. The fourth-order valence-electron chi connectivity index (χ4n) is 1.66. The van der Waals surface area contributed by atoms with Gasteiger partial charge in [-0.15, -0.1) is 10.2 Å². The predicted molar refractivity (Wildman–Crippen MR) is 62.6 cm³/mol. The lowest BCUT2D eigenvalue weighted by atomic mass is 10.3. The third-order valence-corrected chi connectivity index (χ3v) is 2.52. The average molecular weight is 251 g/mol. The molecule has 0 aliphatic carbocycles. The Hall–Kier alpha value is -1.83. The summed E-state index contributed by atoms with van der Waals surface area (Å²) in [6, 6.07) is 0. The van der Waals surface area contributed by atoms with E-state index in [1.165, 1.54) is 0 Å². The highest BCUT2D eigenvalue weighted by Gasteiger charge is 2.07. The molecule has 0 aliphatic heterocycles. The summed E-state index contributed by atoms with van der Waals surface area (Å²) in [4.78, 5) is 0. The van der Waals surface area contributed by atoms with Crippen LogP contribution < -0.4 is 0 Å². The lowest BCUT2D eigenvalue weighted by Crippen LogP contribution is -2.10. The smallest absolute Gasteiger partial charge is 0.172 e. The van der Waals surface area contributed by atoms with Crippen LogP contribution in [0, 0.1) is 0 Å². The Kier molecular flexibility index (Phi) is 4.35. The van der Waals surface area contributed by atoms with Gasteiger partial charge in [-0.25, -0.2) is 9.36 Å². The summed E-state index contributed by atoms with van der Waals surface area (Å²) in [5.41, 5.74) is 0.874. The van der Waals surface area contributed by atoms with E-state index in [4.69, 9.17) is 5.11 Å². The van der Waals surface area contributed by atoms with E-state index in [2.05, 4.69) is 32.8 Å². The molecule has 0 atom stereocenters. The highest BCUT2D eigenvalue weighted by Crippen LogP contribution is 2.01. The number of aromatic nitrogens is 7. The molecule has 2 aromatic heterocycles. The highest BCUT2D eigenvalue weighted by molar-refractivity contribution is 4.94. The molecule has 0 unspecified atom stereocenters. The quantitative estimate of drug-likeness (QED) is 0.722. The van der Waals surface area contributed by atoms with Crippen molar-refractivity contribution in [2.45, 2.75) is 39.3 Å². The van der Waals surface area contributed by atoms with E-state index >= 15 is 0 Å². The van der Waals surface area contributed by atoms with Crippen molar-refractivity contribution in [3.63, 3.8) is 0 Å². The van der Waals surface area contributed by atoms with Crippen LogP contribution in [0.25, 0.3) is 0 Å². The number of hydrogen-bond acceptors (Lipinski definition) is 6. The molecular weight excluding hydrogens is 234 g/mol. The van der Waals surface area contributed by atoms with Crippen LogP contribution in [0.3, 0.4) is 0 Å². The summed E-state index contributed by atoms with van der Waals surface area (Å²) < 4.78 is 3.49. The van der Waals surface area contributed by atoms with Gasteiger partial charge in [-0.2, -0.15) is 0 Å². The Labute approximate surface area is 105 Å². The molecule has 0 amide bonds. The van der Waals surface area contributed by atoms with Crippen LogP contribution in [0.1, 0.15) is 31.3 Å². The second kappa shape index (κ2) is 6.20. The zero-order chi connectivity index (χ0) is 12.8. The van der Waals surface area contributed by atoms with Gasteiger partial charge in [-0.1, -0.05) is 12.1 Å². The van der Waals surface area contributed by atoms with E-state index in [9.17, 15) is 0 Å². The van der Waals surface area contributed by atoms with Gasteiger partial charge in [-0.3, -0.25) is 0 Å². The standard InChI is InChI=1S/C10H17N7O/c1-2-5-17-10(12-13-15-17)8-16-7-9(11-14-16)4-3-6-18/h7,18H,2-6,8H2,1H3. The Balaban J connectivity index is 1.99. The van der Waals surface area contributed by atoms with Crippen molar-refractivity contribution in [1.29, 1.82) is 0 Å². The maximum atomic E-state index is 8.75. The van der Waals surface area contributed by atoms with Gasteiger partial charge in [0.15, 0.2) is 5.82 Å². The Morgan fingerprint density at radius 2 is 2.17 bits per heavy atom. The van der Waals surface area contributed by atoms with Crippen LogP contribution >= 0.6 is 0 Å². The average Bonchev–Trinajstić information content (AvgIpc) is 2.98. The molecule has 0 aliphatic rings. The lowest BCUT2D eigenvalue weighted by molar-refractivity contribution is 0.288. The Morgan fingerprint density at radius 1 is 1.28 bits per heavy atom. The van der Waals surface area contributed by atoms with Gasteiger partial charge in [0.1, 0.15) is 6.54 Å². The number of aryl methyl sites for hydroxylation is 2. The zero-order valence-electron chi connectivity index (χ0n) is 10.4. The molecule has 2 aromatic rings. The summed E-state index contributed by atoms with van der Waals surface area (Å²) in [6.45, 7) is 3.56. The van der Waals surface area contributed by atoms with Gasteiger partial charge in [0.25, 0.3) is 0 Å². The van der Waals surface area contributed by atoms with Crippen LogP contribution in [-0.4, -0.2) is 46.9 Å². The molecule has 0 saturated carbocycles. The van der Waals surface area contributed by atoms with Gasteiger partial charge < -0.3 is 5.11 Å². The van der Waals surface area contributed by atoms with E-state index < -0.39 is 0 Å². The number of aliphatic hydroxyl groups excluding tert-OH is 1. The molecule has 98 valence electrons. The van der Waals surface area contributed by atoms with Crippen LogP contribution in [0.5, 0.6) is 0 Å². The summed E-state index contributed by atoms with van der Waals surface area (Å²) >= 11 is 0. The minimum Gasteiger partial charge on any atom is -0.396 e. The van der Waals surface area contributed by atoms with Crippen molar-refractivity contribution in [3.05, 3.63) is 17.7 Å². The van der Waals surface area contributed by atoms with E-state index in [1.54, 1.807) is 9.36 Å². The molecular formula is C10H17N7O. The van der Waals surface area contributed by atoms with E-state index in [-0.39, 0.29) is 6.61 Å². The Morgan fingerprint density at radius 3 is 2.94 bits per heavy atom. The van der Waals surface area contributed by atoms with E-state index in [0.717, 1.165) is 30.9 Å². The third kappa shape index (κ3) is 3.10. The minimum atomic E-state index is 0.168. The molecule has 0 radical (unpaired) electrons. The number of hydrogen-bond donors (Lipinski definition) is 1. The maximum absolute atomic E-state index is 8.75. The maximum Gasteiger partial charge on any atom is 0.172 e. The molecule has 2 heterocycles. The summed E-state index contributed by atoms with van der Waals surface area (Å²) in [6.07, 6.45) is 4.28. The molecule has 0 bridgehead atoms. The molecule has 18 heavy (non-hydrogen) atoms. The molecule has 8 nitrogen and oxygen atoms in total. The number of rotatable bonds is 7. The number of nitrogens with zero attached hydrogens (tertiary/aromatic N) is 7. The van der Waals surface area contributed by atoms with Crippen molar-refractivity contribution in [1.82, 2.24) is 35.2 Å². The van der Waals surface area contributed by atoms with Crippen LogP contribution in [-0.2, 0) is 19.5 Å². The monoisotopic (exact) mass is 251 g/mol. The normalized spacial score (nSPS) is 11.0. The first-order valence-corrected chi connectivity index (χ1v) is 6.08. The molecule has 0 saturated heterocycles. The van der Waals surface area contributed by atoms with Crippen LogP contribution in [0.15, 0.2) is 6.20 Å². The second-order valence-electron chi connectivity index (χ2n) is 4.05. The summed E-state index contributed by atoms with van der Waals surface area (Å²) in [5, 5.41) is 28.4. The fraction of sp³-hybridized carbons (Fsp3) is 0.700. The van der Waals surface area contributed by atoms with Gasteiger partial charge in [0, 0.05) is 19.3 Å². The predicted octanol–water partition coefficient (Wildman–Crippen LogP) is -0.352. The topological polar surface area (TPSA) is 94.5 Å². The molecule has 0 fully saturated rings. The highest BCUT2D eigenvalue weighted by atomic mass is 16.2. The van der Waals surface area contributed by atoms with E-state index in [0.29, 0.717) is 13.0 Å². The van der Waals surface area contributed by atoms with Crippen molar-refractivity contribution >= 4 is 0 Å². The molecule has 8 heteroatoms. The fourth-order valence-corrected chi connectivity index (χ4v) is 1.66. The van der Waals surface area contributed by atoms with Gasteiger partial charge >= 0.3 is 0 Å². The van der Waals surface area contributed by atoms with Gasteiger partial charge in [0.05, 0.1) is 5.69 Å². The number of aliphatic hydroxyl groups is 1. The molecule has 0 aromatic carbocycles. The van der Waals surface area contributed by atoms with Crippen molar-refractivity contribution in [2.75, 3.05) is 6.61 Å². The summed E-state index contributed by atoms with van der Waals surface area (Å²) in [7, 11) is 0. The SMILES string of the molecule is CCCn1nnnc1Cn1cc(CCCO)nn1. The van der Waals surface area contributed by atoms with Gasteiger partial charge in [0.2, 0.25) is 0 Å². The summed E-state index contributed by atoms with van der Waals surface area (Å²) in [5.74, 6) is 0.774. The second-order valence-corrected chi connectivity index (χ2v) is 4.05. The van der Waals surface area contributed by atoms with Crippen molar-refractivity contribution < 1.29 is 5.11 Å². The minimum absolute atomic E-state index is 0.168. The van der Waals surface area contributed by atoms with E-state index in [1.807, 2.05) is 6.20 Å².